The van der Waals surface area contributed by atoms with Gasteiger partial charge in [-0.25, -0.2) is 0 Å². The zero-order valence-corrected chi connectivity index (χ0v) is 22.4. The molecule has 0 radical (unpaired) electrons. The third kappa shape index (κ3) is 14.5. The van der Waals surface area contributed by atoms with Gasteiger partial charge in [0.2, 0.25) is 5.91 Å². The second-order valence-electron chi connectivity index (χ2n) is 8.00. The number of rotatable bonds is 8. The normalized spacial score (nSPS) is 14.9. The fourth-order valence-corrected chi connectivity index (χ4v) is 3.53. The third-order valence-electron chi connectivity index (χ3n) is 5.28. The number of anilines is 1. The van der Waals surface area contributed by atoms with Gasteiger partial charge in [0.25, 0.3) is 0 Å². The van der Waals surface area contributed by atoms with Gasteiger partial charge in [0.05, 0.1) is 12.6 Å². The molecular formula is C29H48N4O. The van der Waals surface area contributed by atoms with Crippen LogP contribution in [-0.2, 0) is 11.2 Å². The fraction of sp³-hybridized carbons (Fsp3) is 0.586. The first-order valence-electron chi connectivity index (χ1n) is 13.1. The van der Waals surface area contributed by atoms with Crippen molar-refractivity contribution in [3.8, 4) is 6.07 Å². The Morgan fingerprint density at radius 1 is 1.15 bits per heavy atom. The lowest BCUT2D eigenvalue weighted by molar-refractivity contribution is -0.128. The van der Waals surface area contributed by atoms with Crippen LogP contribution in [0.15, 0.2) is 48.6 Å². The van der Waals surface area contributed by atoms with Crippen molar-refractivity contribution in [3.05, 3.63) is 54.1 Å². The number of carbonyl (C=O) groups is 1. The van der Waals surface area contributed by atoms with E-state index in [9.17, 15) is 4.79 Å². The molecule has 0 bridgehead atoms. The first-order valence-corrected chi connectivity index (χ1v) is 13.1. The van der Waals surface area contributed by atoms with Crippen molar-refractivity contribution in [2.45, 2.75) is 72.6 Å². The minimum atomic E-state index is 0.175. The van der Waals surface area contributed by atoms with E-state index in [1.807, 2.05) is 33.9 Å². The molecule has 0 fully saturated rings. The van der Waals surface area contributed by atoms with Crippen molar-refractivity contribution in [2.75, 3.05) is 44.7 Å². The molecule has 1 heterocycles. The van der Waals surface area contributed by atoms with Gasteiger partial charge < -0.3 is 15.1 Å². The van der Waals surface area contributed by atoms with E-state index >= 15 is 0 Å². The summed E-state index contributed by atoms with van der Waals surface area (Å²) in [5, 5.41) is 10.9. The van der Waals surface area contributed by atoms with Crippen molar-refractivity contribution in [3.63, 3.8) is 0 Å². The summed E-state index contributed by atoms with van der Waals surface area (Å²) in [4.78, 5) is 16.3. The number of nitrogens with one attached hydrogen (secondary N) is 1. The van der Waals surface area contributed by atoms with Gasteiger partial charge in [-0.05, 0) is 56.7 Å². The van der Waals surface area contributed by atoms with Gasteiger partial charge in [0.15, 0.2) is 0 Å². The fourth-order valence-electron chi connectivity index (χ4n) is 3.53. The Bertz CT molecular complexity index is 736. The molecule has 34 heavy (non-hydrogen) atoms. The summed E-state index contributed by atoms with van der Waals surface area (Å²) in [5.74, 6) is 0.175. The predicted molar refractivity (Wildman–Crippen MR) is 147 cm³/mol. The van der Waals surface area contributed by atoms with E-state index in [2.05, 4.69) is 65.7 Å². The molecule has 1 aromatic rings. The monoisotopic (exact) mass is 468 g/mol. The molecule has 1 aromatic carbocycles. The molecule has 0 spiro atoms. The van der Waals surface area contributed by atoms with Gasteiger partial charge in [0, 0.05) is 38.8 Å². The molecule has 0 unspecified atom stereocenters. The largest absolute Gasteiger partial charge is 0.368 e. The van der Waals surface area contributed by atoms with E-state index in [4.69, 9.17) is 5.26 Å². The molecule has 1 N–H and O–H groups in total. The topological polar surface area (TPSA) is 59.4 Å². The summed E-state index contributed by atoms with van der Waals surface area (Å²) in [5.41, 5.74) is 2.80. The van der Waals surface area contributed by atoms with Crippen LogP contribution in [0.1, 0.15) is 71.8 Å². The number of aryl methyl sites for hydroxylation is 1. The lowest BCUT2D eigenvalue weighted by Crippen LogP contribution is -2.37. The lowest BCUT2D eigenvalue weighted by atomic mass is 10.0. The van der Waals surface area contributed by atoms with Crippen molar-refractivity contribution >= 4 is 11.6 Å². The maximum absolute atomic E-state index is 12.0. The van der Waals surface area contributed by atoms with Gasteiger partial charge in [0.1, 0.15) is 0 Å². The number of carbonyl (C=O) groups excluding carboxylic acids is 1. The molecular weight excluding hydrogens is 420 g/mol. The molecule has 2 rings (SSSR count). The number of fused-ring (bicyclic) bond motifs is 1. The predicted octanol–water partition coefficient (Wildman–Crippen LogP) is 6.13. The lowest BCUT2D eigenvalue weighted by Gasteiger charge is -2.26. The number of likely N-dealkylation sites (N-methyl/N-ethyl adjacent to an activating group) is 1. The van der Waals surface area contributed by atoms with Crippen LogP contribution < -0.4 is 10.2 Å². The highest BCUT2D eigenvalue weighted by Gasteiger charge is 2.11. The molecule has 5 nitrogen and oxygen atoms in total. The van der Waals surface area contributed by atoms with Crippen molar-refractivity contribution in [1.82, 2.24) is 10.2 Å². The van der Waals surface area contributed by atoms with E-state index in [1.165, 1.54) is 17.7 Å². The summed E-state index contributed by atoms with van der Waals surface area (Å²) in [6, 6.07) is 10.7. The molecule has 1 aliphatic heterocycles. The number of hydrogen-bond donors (Lipinski definition) is 1. The molecule has 0 atom stereocenters. The zero-order valence-electron chi connectivity index (χ0n) is 22.4. The molecule has 190 valence electrons. The molecule has 1 amide bonds. The number of hydrogen-bond acceptors (Lipinski definition) is 4. The maximum atomic E-state index is 12.0. The average molecular weight is 469 g/mol. The standard InChI is InChI=1S/C24H37N3O.C3H5N.C2H6/c1-3-18-26(2)24(28)21-25-17-13-20-27-19-12-8-6-4-5-7-9-14-22-15-10-11-16-23(22)27;1-2-3-4;1-2/h4-5,8,10-12,15-16,25H,3,6-7,9,13-14,17-21H2,1-2H3;2H2,1H3;1-2H3/b5-4-,12-8-;;. The molecule has 0 aromatic heterocycles. The van der Waals surface area contributed by atoms with Crippen LogP contribution in [0.25, 0.3) is 0 Å². The van der Waals surface area contributed by atoms with Crippen LogP contribution in [0.5, 0.6) is 0 Å². The van der Waals surface area contributed by atoms with Gasteiger partial charge in [-0.2, -0.15) is 5.26 Å². The smallest absolute Gasteiger partial charge is 0.236 e. The van der Waals surface area contributed by atoms with Gasteiger partial charge >= 0.3 is 0 Å². The second kappa shape index (κ2) is 22.2. The van der Waals surface area contributed by atoms with Crippen LogP contribution in [0.4, 0.5) is 5.69 Å². The van der Waals surface area contributed by atoms with Crippen LogP contribution in [0.2, 0.25) is 0 Å². The molecule has 0 saturated carbocycles. The Balaban J connectivity index is 0.00000164. The Kier molecular flexibility index (Phi) is 20.5. The number of benzene rings is 1. The first-order chi connectivity index (χ1) is 16.6. The highest BCUT2D eigenvalue weighted by atomic mass is 16.2. The van der Waals surface area contributed by atoms with Crippen molar-refractivity contribution in [1.29, 1.82) is 5.26 Å². The average Bonchev–Trinajstić information content (AvgIpc) is 2.87. The SMILES string of the molecule is CC.CCC#N.CCCN(C)C(=O)CNCCCN1C/C=C\C/C=C\CCCc2ccccc21. The van der Waals surface area contributed by atoms with Gasteiger partial charge in [-0.15, -0.1) is 0 Å². The van der Waals surface area contributed by atoms with Crippen LogP contribution >= 0.6 is 0 Å². The molecule has 1 aliphatic rings. The minimum Gasteiger partial charge on any atom is -0.368 e. The van der Waals surface area contributed by atoms with Crippen molar-refractivity contribution < 1.29 is 4.79 Å². The number of allylic oxidation sites excluding steroid dienone is 3. The summed E-state index contributed by atoms with van der Waals surface area (Å²) in [7, 11) is 1.88. The van der Waals surface area contributed by atoms with Gasteiger partial charge in [-0.1, -0.05) is 70.2 Å². The first kappa shape index (κ1) is 31.4. The van der Waals surface area contributed by atoms with E-state index in [0.29, 0.717) is 13.0 Å². The van der Waals surface area contributed by atoms with Crippen LogP contribution in [0.3, 0.4) is 0 Å². The van der Waals surface area contributed by atoms with Crippen LogP contribution in [0, 0.1) is 11.3 Å². The quantitative estimate of drug-likeness (QED) is 0.368. The summed E-state index contributed by atoms with van der Waals surface area (Å²) >= 11 is 0. The number of nitriles is 1. The Labute approximate surface area is 209 Å². The third-order valence-corrected chi connectivity index (χ3v) is 5.28. The highest BCUT2D eigenvalue weighted by molar-refractivity contribution is 5.77. The van der Waals surface area contributed by atoms with E-state index in [-0.39, 0.29) is 5.91 Å². The van der Waals surface area contributed by atoms with E-state index < -0.39 is 0 Å². The van der Waals surface area contributed by atoms with E-state index in [0.717, 1.165) is 58.3 Å². The number of para-hydroxylation sites is 1. The number of amides is 1. The Morgan fingerprint density at radius 3 is 2.56 bits per heavy atom. The minimum absolute atomic E-state index is 0.175. The molecule has 0 aliphatic carbocycles. The van der Waals surface area contributed by atoms with Crippen LogP contribution in [-0.4, -0.2) is 50.6 Å². The Morgan fingerprint density at radius 2 is 1.85 bits per heavy atom. The summed E-state index contributed by atoms with van der Waals surface area (Å²) in [6.45, 7) is 12.0. The molecule has 0 saturated heterocycles. The Hall–Kier alpha value is -2.58. The molecule has 5 heteroatoms. The maximum Gasteiger partial charge on any atom is 0.236 e. The van der Waals surface area contributed by atoms with Gasteiger partial charge in [-0.3, -0.25) is 4.79 Å². The zero-order chi connectivity index (χ0) is 25.4. The van der Waals surface area contributed by atoms with E-state index in [1.54, 1.807) is 4.90 Å². The second-order valence-corrected chi connectivity index (χ2v) is 8.00. The number of nitrogens with zero attached hydrogens (tertiary/aromatic N) is 3. The van der Waals surface area contributed by atoms with Crippen molar-refractivity contribution in [2.24, 2.45) is 0 Å². The summed E-state index contributed by atoms with van der Waals surface area (Å²) in [6.07, 6.45) is 16.2. The summed E-state index contributed by atoms with van der Waals surface area (Å²) < 4.78 is 0. The highest BCUT2D eigenvalue weighted by Crippen LogP contribution is 2.23.